The number of hydrogen-bond donors (Lipinski definition) is 2. The second-order valence-corrected chi connectivity index (χ2v) is 8.19. The summed E-state index contributed by atoms with van der Waals surface area (Å²) in [5.74, 6) is -1.17. The Hall–Kier alpha value is -3.85. The van der Waals surface area contributed by atoms with E-state index in [2.05, 4.69) is 10.6 Å². The van der Waals surface area contributed by atoms with Gasteiger partial charge in [-0.15, -0.1) is 0 Å². The quantitative estimate of drug-likeness (QED) is 0.480. The van der Waals surface area contributed by atoms with Crippen LogP contribution in [0, 0.1) is 6.92 Å². The molecule has 3 aromatic rings. The molecule has 1 heterocycles. The molecule has 9 nitrogen and oxygen atoms in total. The lowest BCUT2D eigenvalue weighted by Crippen LogP contribution is -2.44. The molecular weight excluding hydrogens is 474 g/mol. The predicted molar refractivity (Wildman–Crippen MR) is 131 cm³/mol. The number of halogens is 1. The average molecular weight is 500 g/mol. The number of imide groups is 1. The number of ether oxygens (including phenoxy) is 2. The lowest BCUT2D eigenvalue weighted by molar-refractivity contribution is -0.153. The summed E-state index contributed by atoms with van der Waals surface area (Å²) in [7, 11) is 1.52. The van der Waals surface area contributed by atoms with Crippen LogP contribution in [0.25, 0.3) is 10.9 Å². The lowest BCUT2D eigenvalue weighted by Gasteiger charge is -2.13. The van der Waals surface area contributed by atoms with E-state index >= 15 is 0 Å². The Kier molecular flexibility index (Phi) is 8.14. The summed E-state index contributed by atoms with van der Waals surface area (Å²) in [4.78, 5) is 49.8. The first-order valence-electron chi connectivity index (χ1n) is 10.9. The van der Waals surface area contributed by atoms with Crippen molar-refractivity contribution < 1.29 is 28.7 Å². The van der Waals surface area contributed by atoms with E-state index in [1.54, 1.807) is 56.3 Å². The van der Waals surface area contributed by atoms with Crippen molar-refractivity contribution >= 4 is 46.3 Å². The van der Waals surface area contributed by atoms with Crippen molar-refractivity contribution in [2.45, 2.75) is 33.3 Å². The first-order chi connectivity index (χ1) is 16.7. The standard InChI is InChI=1S/C25H26ClN3O6/c1-5-27-25(33)28-23(31)15(3)35-22(30)13-19-14(2)29(21-11-10-18(34-4)12-20(19)21)24(32)16-6-8-17(26)9-7-16/h6-12,15H,5,13H2,1-4H3,(H2,27,28,31,33)/t15-/m1/s1. The van der Waals surface area contributed by atoms with Crippen molar-refractivity contribution in [2.75, 3.05) is 13.7 Å². The normalized spacial score (nSPS) is 11.6. The number of aromatic nitrogens is 1. The van der Waals surface area contributed by atoms with E-state index in [0.29, 0.717) is 45.0 Å². The molecule has 3 rings (SSSR count). The molecule has 0 saturated carbocycles. The van der Waals surface area contributed by atoms with Gasteiger partial charge in [0.2, 0.25) is 0 Å². The van der Waals surface area contributed by atoms with Crippen LogP contribution in [0.5, 0.6) is 5.75 Å². The maximum Gasteiger partial charge on any atom is 0.321 e. The third-order valence-electron chi connectivity index (χ3n) is 5.41. The van der Waals surface area contributed by atoms with Crippen LogP contribution in [0.15, 0.2) is 42.5 Å². The molecule has 0 bridgehead atoms. The van der Waals surface area contributed by atoms with Gasteiger partial charge in [0.15, 0.2) is 6.10 Å². The minimum atomic E-state index is -1.19. The molecule has 184 valence electrons. The molecule has 0 spiro atoms. The first-order valence-corrected chi connectivity index (χ1v) is 11.3. The number of urea groups is 1. The van der Waals surface area contributed by atoms with Crippen molar-refractivity contribution in [1.29, 1.82) is 0 Å². The average Bonchev–Trinajstić information content (AvgIpc) is 3.09. The number of nitrogens with zero attached hydrogens (tertiary/aromatic N) is 1. The van der Waals surface area contributed by atoms with Crippen LogP contribution in [0.3, 0.4) is 0 Å². The highest BCUT2D eigenvalue weighted by atomic mass is 35.5. The fraction of sp³-hybridized carbons (Fsp3) is 0.280. The minimum Gasteiger partial charge on any atom is -0.497 e. The monoisotopic (exact) mass is 499 g/mol. The van der Waals surface area contributed by atoms with E-state index in [1.807, 2.05) is 0 Å². The number of esters is 1. The summed E-state index contributed by atoms with van der Waals surface area (Å²) in [6.45, 7) is 5.15. The maximum atomic E-state index is 13.4. The summed E-state index contributed by atoms with van der Waals surface area (Å²) in [6.07, 6.45) is -1.39. The highest BCUT2D eigenvalue weighted by Gasteiger charge is 2.25. The Bertz CT molecular complexity index is 1280. The molecule has 10 heteroatoms. The number of fused-ring (bicyclic) bond motifs is 1. The molecular formula is C25H26ClN3O6. The van der Waals surface area contributed by atoms with Gasteiger partial charge < -0.3 is 14.8 Å². The minimum absolute atomic E-state index is 0.199. The Balaban J connectivity index is 1.91. The Morgan fingerprint density at radius 3 is 2.40 bits per heavy atom. The van der Waals surface area contributed by atoms with E-state index in [-0.39, 0.29) is 12.3 Å². The summed E-state index contributed by atoms with van der Waals surface area (Å²) < 4.78 is 12.1. The van der Waals surface area contributed by atoms with E-state index in [0.717, 1.165) is 0 Å². The molecule has 0 aliphatic heterocycles. The molecule has 2 N–H and O–H groups in total. The van der Waals surface area contributed by atoms with Gasteiger partial charge in [0.05, 0.1) is 19.0 Å². The fourth-order valence-electron chi connectivity index (χ4n) is 3.65. The number of carbonyl (C=O) groups excluding carboxylic acids is 4. The molecule has 2 aromatic carbocycles. The molecule has 3 amide bonds. The second kappa shape index (κ2) is 11.1. The van der Waals surface area contributed by atoms with Gasteiger partial charge >= 0.3 is 12.0 Å². The predicted octanol–water partition coefficient (Wildman–Crippen LogP) is 3.62. The van der Waals surface area contributed by atoms with Gasteiger partial charge in [0.25, 0.3) is 11.8 Å². The van der Waals surface area contributed by atoms with E-state index < -0.39 is 24.0 Å². The molecule has 35 heavy (non-hydrogen) atoms. The molecule has 1 atom stereocenters. The number of benzene rings is 2. The zero-order chi connectivity index (χ0) is 25.7. The van der Waals surface area contributed by atoms with Gasteiger partial charge in [-0.2, -0.15) is 0 Å². The number of rotatable bonds is 7. The van der Waals surface area contributed by atoms with E-state index in [9.17, 15) is 19.2 Å². The molecule has 0 fully saturated rings. The second-order valence-electron chi connectivity index (χ2n) is 7.75. The molecule has 0 saturated heterocycles. The molecule has 1 aromatic heterocycles. The number of carbonyl (C=O) groups is 4. The van der Waals surface area contributed by atoms with Gasteiger partial charge in [-0.3, -0.25) is 24.3 Å². The SMILES string of the molecule is CCNC(=O)NC(=O)[C@@H](C)OC(=O)Cc1c(C)n(C(=O)c2ccc(Cl)cc2)c2ccc(OC)cc12. The van der Waals surface area contributed by atoms with Crippen LogP contribution >= 0.6 is 11.6 Å². The third-order valence-corrected chi connectivity index (χ3v) is 5.66. The summed E-state index contributed by atoms with van der Waals surface area (Å²) in [5, 5.41) is 5.68. The van der Waals surface area contributed by atoms with Crippen molar-refractivity contribution in [1.82, 2.24) is 15.2 Å². The third kappa shape index (κ3) is 5.81. The van der Waals surface area contributed by atoms with Crippen LogP contribution in [0.2, 0.25) is 5.02 Å². The van der Waals surface area contributed by atoms with Crippen molar-refractivity contribution in [3.05, 3.63) is 64.3 Å². The molecule has 0 unspecified atom stereocenters. The Labute approximate surface area is 207 Å². The zero-order valence-electron chi connectivity index (χ0n) is 19.8. The van der Waals surface area contributed by atoms with Gasteiger partial charge in [0, 0.05) is 28.2 Å². The van der Waals surface area contributed by atoms with Crippen molar-refractivity contribution in [2.24, 2.45) is 0 Å². The van der Waals surface area contributed by atoms with Gasteiger partial charge in [-0.25, -0.2) is 4.79 Å². The van der Waals surface area contributed by atoms with Crippen LogP contribution in [0.4, 0.5) is 4.79 Å². The Morgan fingerprint density at radius 2 is 1.77 bits per heavy atom. The zero-order valence-corrected chi connectivity index (χ0v) is 20.6. The van der Waals surface area contributed by atoms with Gasteiger partial charge in [-0.1, -0.05) is 11.6 Å². The molecule has 0 aliphatic carbocycles. The number of nitrogens with one attached hydrogen (secondary N) is 2. The van der Waals surface area contributed by atoms with Crippen molar-refractivity contribution in [3.63, 3.8) is 0 Å². The lowest BCUT2D eigenvalue weighted by atomic mass is 10.1. The highest BCUT2D eigenvalue weighted by molar-refractivity contribution is 6.30. The summed E-state index contributed by atoms with van der Waals surface area (Å²) in [6, 6.07) is 11.0. The number of hydrogen-bond acceptors (Lipinski definition) is 6. The number of methoxy groups -OCH3 is 1. The molecule has 0 aliphatic rings. The van der Waals surface area contributed by atoms with Crippen LogP contribution in [-0.2, 0) is 20.7 Å². The molecule has 0 radical (unpaired) electrons. The fourth-order valence-corrected chi connectivity index (χ4v) is 3.78. The Morgan fingerprint density at radius 1 is 1.09 bits per heavy atom. The topological polar surface area (TPSA) is 116 Å². The summed E-state index contributed by atoms with van der Waals surface area (Å²) in [5.41, 5.74) is 2.12. The van der Waals surface area contributed by atoms with Crippen molar-refractivity contribution in [3.8, 4) is 5.75 Å². The van der Waals surface area contributed by atoms with Crippen LogP contribution in [0.1, 0.15) is 35.5 Å². The van der Waals surface area contributed by atoms with Gasteiger partial charge in [-0.05, 0) is 68.8 Å². The largest absolute Gasteiger partial charge is 0.497 e. The van der Waals surface area contributed by atoms with E-state index in [4.69, 9.17) is 21.1 Å². The van der Waals surface area contributed by atoms with Crippen LogP contribution < -0.4 is 15.4 Å². The maximum absolute atomic E-state index is 13.4. The summed E-state index contributed by atoms with van der Waals surface area (Å²) >= 11 is 5.96. The smallest absolute Gasteiger partial charge is 0.321 e. The van der Waals surface area contributed by atoms with Gasteiger partial charge in [0.1, 0.15) is 5.75 Å². The van der Waals surface area contributed by atoms with Crippen LogP contribution in [-0.4, -0.2) is 48.1 Å². The number of amides is 3. The first kappa shape index (κ1) is 25.8. The highest BCUT2D eigenvalue weighted by Crippen LogP contribution is 2.31. The van der Waals surface area contributed by atoms with E-state index in [1.165, 1.54) is 18.6 Å².